The monoisotopic (exact) mass is 396 g/mol. The minimum atomic E-state index is -0.304. The van der Waals surface area contributed by atoms with Gasteiger partial charge in [0.15, 0.2) is 0 Å². The maximum Gasteiger partial charge on any atom is 0.341 e. The number of benzene rings is 1. The zero-order valence-corrected chi connectivity index (χ0v) is 16.9. The summed E-state index contributed by atoms with van der Waals surface area (Å²) in [6, 6.07) is 9.93. The van der Waals surface area contributed by atoms with E-state index in [9.17, 15) is 9.59 Å². The third-order valence-corrected chi connectivity index (χ3v) is 5.89. The first-order chi connectivity index (χ1) is 14.2. The molecular formula is C23H28N2O4. The first-order valence-electron chi connectivity index (χ1n) is 10.6. The van der Waals surface area contributed by atoms with Gasteiger partial charge in [-0.2, -0.15) is 5.10 Å². The topological polar surface area (TPSA) is 70.4 Å². The van der Waals surface area contributed by atoms with Crippen LogP contribution >= 0.6 is 0 Å². The molecule has 6 nitrogen and oxygen atoms in total. The van der Waals surface area contributed by atoms with Gasteiger partial charge in [0, 0.05) is 5.92 Å². The Morgan fingerprint density at radius 3 is 2.41 bits per heavy atom. The number of hydrogen-bond acceptors (Lipinski definition) is 5. The number of aromatic nitrogens is 2. The average Bonchev–Trinajstić information content (AvgIpc) is 3.50. The molecule has 29 heavy (non-hydrogen) atoms. The summed E-state index contributed by atoms with van der Waals surface area (Å²) in [5, 5.41) is 4.58. The lowest BCUT2D eigenvalue weighted by Crippen LogP contribution is -2.26. The first kappa shape index (κ1) is 19.7. The van der Waals surface area contributed by atoms with Crippen LogP contribution in [-0.4, -0.2) is 28.3 Å². The lowest BCUT2D eigenvalue weighted by Gasteiger charge is -2.28. The van der Waals surface area contributed by atoms with E-state index in [1.807, 2.05) is 41.9 Å². The summed E-state index contributed by atoms with van der Waals surface area (Å²) in [6.45, 7) is 2.53. The van der Waals surface area contributed by atoms with Gasteiger partial charge < -0.3 is 9.47 Å². The summed E-state index contributed by atoms with van der Waals surface area (Å²) in [4.78, 5) is 24.7. The molecule has 2 saturated carbocycles. The van der Waals surface area contributed by atoms with Crippen molar-refractivity contribution in [2.24, 2.45) is 5.92 Å². The van der Waals surface area contributed by atoms with E-state index in [2.05, 4.69) is 5.10 Å². The fourth-order valence-electron chi connectivity index (χ4n) is 4.20. The van der Waals surface area contributed by atoms with Gasteiger partial charge >= 0.3 is 11.9 Å². The molecule has 6 heteroatoms. The standard InChI is InChI=1S/C23H28N2O4/c1-2-28-22(26)18-10-12-19(13-11-18)25-21(17-8-9-17)20(14-24-25)23(27)29-15-16-6-4-3-5-7-16/h3-7,14,17-19H,2,8-13,15H2,1H3/t18-,19-. The Morgan fingerprint density at radius 2 is 1.76 bits per heavy atom. The van der Waals surface area contributed by atoms with Crippen molar-refractivity contribution in [3.63, 3.8) is 0 Å². The summed E-state index contributed by atoms with van der Waals surface area (Å²) in [5.41, 5.74) is 2.58. The fraction of sp³-hybridized carbons (Fsp3) is 0.522. The Morgan fingerprint density at radius 1 is 1.03 bits per heavy atom. The Bertz CT molecular complexity index is 849. The second kappa shape index (κ2) is 8.80. The third kappa shape index (κ3) is 4.52. The van der Waals surface area contributed by atoms with E-state index in [4.69, 9.17) is 9.47 Å². The molecule has 1 heterocycles. The average molecular weight is 396 g/mol. The number of rotatable bonds is 7. The molecule has 4 rings (SSSR count). The molecule has 0 atom stereocenters. The van der Waals surface area contributed by atoms with Gasteiger partial charge in [0.25, 0.3) is 0 Å². The second-order valence-corrected chi connectivity index (χ2v) is 7.98. The molecule has 1 aromatic carbocycles. The predicted octanol–water partition coefficient (Wildman–Crippen LogP) is 4.41. The summed E-state index contributed by atoms with van der Waals surface area (Å²) in [5.74, 6) is -0.0118. The maximum absolute atomic E-state index is 12.7. The van der Waals surface area contributed by atoms with Crippen LogP contribution < -0.4 is 0 Å². The molecule has 0 spiro atoms. The second-order valence-electron chi connectivity index (χ2n) is 7.98. The van der Waals surface area contributed by atoms with Gasteiger partial charge in [0.2, 0.25) is 0 Å². The van der Waals surface area contributed by atoms with Crippen LogP contribution in [0.25, 0.3) is 0 Å². The van der Waals surface area contributed by atoms with Crippen molar-refractivity contribution in [2.45, 2.75) is 64.0 Å². The molecule has 0 unspecified atom stereocenters. The van der Waals surface area contributed by atoms with Crippen molar-refractivity contribution in [1.29, 1.82) is 0 Å². The van der Waals surface area contributed by atoms with Crippen molar-refractivity contribution in [2.75, 3.05) is 6.61 Å². The lowest BCUT2D eigenvalue weighted by molar-refractivity contribution is -0.149. The minimum absolute atomic E-state index is 0.0126. The molecule has 0 N–H and O–H groups in total. The van der Waals surface area contributed by atoms with Gasteiger partial charge in [-0.25, -0.2) is 4.79 Å². The molecule has 2 fully saturated rings. The van der Waals surface area contributed by atoms with Gasteiger partial charge in [-0.3, -0.25) is 9.48 Å². The van der Waals surface area contributed by atoms with Crippen LogP contribution in [0.2, 0.25) is 0 Å². The van der Waals surface area contributed by atoms with E-state index >= 15 is 0 Å². The largest absolute Gasteiger partial charge is 0.466 e. The molecule has 2 aliphatic carbocycles. The van der Waals surface area contributed by atoms with E-state index in [-0.39, 0.29) is 30.5 Å². The molecular weight excluding hydrogens is 368 g/mol. The summed E-state index contributed by atoms with van der Waals surface area (Å²) in [6.07, 6.45) is 7.21. The van der Waals surface area contributed by atoms with Crippen LogP contribution in [0.3, 0.4) is 0 Å². The fourth-order valence-corrected chi connectivity index (χ4v) is 4.20. The lowest BCUT2D eigenvalue weighted by atomic mass is 9.86. The van der Waals surface area contributed by atoms with Gasteiger partial charge in [-0.1, -0.05) is 30.3 Å². The molecule has 2 aromatic rings. The highest BCUT2D eigenvalue weighted by molar-refractivity contribution is 5.90. The highest BCUT2D eigenvalue weighted by Gasteiger charge is 2.36. The van der Waals surface area contributed by atoms with E-state index in [1.165, 1.54) is 0 Å². The van der Waals surface area contributed by atoms with E-state index in [1.54, 1.807) is 6.20 Å². The zero-order valence-electron chi connectivity index (χ0n) is 16.9. The van der Waals surface area contributed by atoms with Crippen molar-refractivity contribution in [3.05, 3.63) is 53.3 Å². The van der Waals surface area contributed by atoms with Gasteiger partial charge in [0.1, 0.15) is 12.2 Å². The molecule has 154 valence electrons. The first-order valence-corrected chi connectivity index (χ1v) is 10.6. The molecule has 0 bridgehead atoms. The molecule has 1 aromatic heterocycles. The molecule has 0 aliphatic heterocycles. The van der Waals surface area contributed by atoms with Crippen LogP contribution in [0, 0.1) is 5.92 Å². The number of nitrogens with zero attached hydrogens (tertiary/aromatic N) is 2. The minimum Gasteiger partial charge on any atom is -0.466 e. The maximum atomic E-state index is 12.7. The van der Waals surface area contributed by atoms with Crippen molar-refractivity contribution in [1.82, 2.24) is 9.78 Å². The van der Waals surface area contributed by atoms with E-state index in [0.717, 1.165) is 49.8 Å². The molecule has 0 saturated heterocycles. The van der Waals surface area contributed by atoms with Crippen LogP contribution in [-0.2, 0) is 20.9 Å². The van der Waals surface area contributed by atoms with Gasteiger partial charge in [-0.05, 0) is 51.0 Å². The molecule has 0 radical (unpaired) electrons. The highest BCUT2D eigenvalue weighted by Crippen LogP contribution is 2.44. The number of ether oxygens (including phenoxy) is 2. The van der Waals surface area contributed by atoms with Crippen molar-refractivity contribution in [3.8, 4) is 0 Å². The quantitative estimate of drug-likeness (QED) is 0.648. The van der Waals surface area contributed by atoms with Crippen LogP contribution in [0.15, 0.2) is 36.5 Å². The number of carbonyl (C=O) groups excluding carboxylic acids is 2. The number of hydrogen-bond donors (Lipinski definition) is 0. The third-order valence-electron chi connectivity index (χ3n) is 5.89. The zero-order chi connectivity index (χ0) is 20.2. The number of esters is 2. The highest BCUT2D eigenvalue weighted by atomic mass is 16.5. The predicted molar refractivity (Wildman–Crippen MR) is 107 cm³/mol. The van der Waals surface area contributed by atoms with Crippen molar-refractivity contribution >= 4 is 11.9 Å². The summed E-state index contributed by atoms with van der Waals surface area (Å²) >= 11 is 0. The van der Waals surface area contributed by atoms with Crippen LogP contribution in [0.5, 0.6) is 0 Å². The Hall–Kier alpha value is -2.63. The van der Waals surface area contributed by atoms with Crippen molar-refractivity contribution < 1.29 is 19.1 Å². The summed E-state index contributed by atoms with van der Waals surface area (Å²) < 4.78 is 12.8. The summed E-state index contributed by atoms with van der Waals surface area (Å²) in [7, 11) is 0. The van der Waals surface area contributed by atoms with Crippen LogP contribution in [0.1, 0.15) is 79.0 Å². The molecule has 0 amide bonds. The molecule has 2 aliphatic rings. The number of carbonyl (C=O) groups is 2. The Labute approximate surface area is 171 Å². The Kier molecular flexibility index (Phi) is 5.97. The Balaban J connectivity index is 1.43. The van der Waals surface area contributed by atoms with Crippen LogP contribution in [0.4, 0.5) is 0 Å². The van der Waals surface area contributed by atoms with E-state index < -0.39 is 0 Å². The smallest absolute Gasteiger partial charge is 0.341 e. The SMILES string of the molecule is CCOC(=O)[C@H]1CC[C@H](n2ncc(C(=O)OCc3ccccc3)c2C2CC2)CC1. The normalized spacial score (nSPS) is 21.6. The van der Waals surface area contributed by atoms with Gasteiger partial charge in [-0.15, -0.1) is 0 Å². The van der Waals surface area contributed by atoms with Gasteiger partial charge in [0.05, 0.1) is 30.5 Å². The van der Waals surface area contributed by atoms with E-state index in [0.29, 0.717) is 18.1 Å².